The number of rotatable bonds is 4. The van der Waals surface area contributed by atoms with Crippen molar-refractivity contribution in [3.05, 3.63) is 34.6 Å². The molecule has 0 aromatic heterocycles. The van der Waals surface area contributed by atoms with Gasteiger partial charge in [0.2, 0.25) is 0 Å². The third-order valence-electron chi connectivity index (χ3n) is 2.39. The van der Waals surface area contributed by atoms with E-state index in [1.165, 1.54) is 18.2 Å². The van der Waals surface area contributed by atoms with E-state index in [0.717, 1.165) is 0 Å². The van der Waals surface area contributed by atoms with Crippen molar-refractivity contribution >= 4 is 17.5 Å². The number of benzene rings is 1. The number of nitrogens with one attached hydrogen (secondary N) is 1. The van der Waals surface area contributed by atoms with Crippen LogP contribution in [0.1, 0.15) is 30.6 Å². The Hall–Kier alpha value is -1.13. The van der Waals surface area contributed by atoms with Crippen LogP contribution >= 0.6 is 11.6 Å². The Morgan fingerprint density at radius 2 is 2.18 bits per heavy atom. The number of hydrogen-bond donors (Lipinski definition) is 2. The van der Waals surface area contributed by atoms with Crippen LogP contribution in [0.15, 0.2) is 18.2 Å². The van der Waals surface area contributed by atoms with Gasteiger partial charge in [-0.3, -0.25) is 4.79 Å². The summed E-state index contributed by atoms with van der Waals surface area (Å²) >= 11 is 5.73. The van der Waals surface area contributed by atoms with Gasteiger partial charge in [0, 0.05) is 10.6 Å². The third-order valence-corrected chi connectivity index (χ3v) is 2.63. The first-order chi connectivity index (χ1) is 7.85. The van der Waals surface area contributed by atoms with Gasteiger partial charge in [-0.15, -0.1) is 0 Å². The van der Waals surface area contributed by atoms with Gasteiger partial charge in [-0.1, -0.05) is 11.6 Å². The number of nitrogens with two attached hydrogens (primary N) is 1. The zero-order valence-electron chi connectivity index (χ0n) is 9.89. The molecule has 1 amide bonds. The summed E-state index contributed by atoms with van der Waals surface area (Å²) < 4.78 is 13.4. The molecule has 0 bridgehead atoms. The lowest BCUT2D eigenvalue weighted by molar-refractivity contribution is 0.0906. The molecule has 3 N–H and O–H groups in total. The van der Waals surface area contributed by atoms with E-state index in [4.69, 9.17) is 17.3 Å². The highest BCUT2D eigenvalue weighted by molar-refractivity contribution is 6.31. The van der Waals surface area contributed by atoms with E-state index in [1.807, 2.05) is 13.8 Å². The number of amides is 1. The van der Waals surface area contributed by atoms with Gasteiger partial charge in [-0.25, -0.2) is 4.39 Å². The molecular formula is C12H16ClFN2O. The molecule has 0 aliphatic carbocycles. The Morgan fingerprint density at radius 1 is 1.53 bits per heavy atom. The predicted molar refractivity (Wildman–Crippen MR) is 66.6 cm³/mol. The Balaban J connectivity index is 2.86. The number of halogens is 2. The lowest BCUT2D eigenvalue weighted by Gasteiger charge is -2.25. The van der Waals surface area contributed by atoms with Crippen LogP contribution in [0, 0.1) is 5.82 Å². The van der Waals surface area contributed by atoms with Gasteiger partial charge in [0.15, 0.2) is 0 Å². The minimum absolute atomic E-state index is 0.0532. The average Bonchev–Trinajstić information content (AvgIpc) is 2.20. The number of hydrogen-bond acceptors (Lipinski definition) is 2. The van der Waals surface area contributed by atoms with E-state index in [1.54, 1.807) is 0 Å². The lowest BCUT2D eigenvalue weighted by Crippen LogP contribution is -2.45. The molecule has 3 nitrogen and oxygen atoms in total. The highest BCUT2D eigenvalue weighted by Gasteiger charge is 2.22. The van der Waals surface area contributed by atoms with Crippen LogP contribution in [0.4, 0.5) is 4.39 Å². The van der Waals surface area contributed by atoms with Crippen molar-refractivity contribution in [3.8, 4) is 0 Å². The van der Waals surface area contributed by atoms with Crippen molar-refractivity contribution < 1.29 is 9.18 Å². The summed E-state index contributed by atoms with van der Waals surface area (Å²) in [6.07, 6.45) is 0.612. The first-order valence-corrected chi connectivity index (χ1v) is 5.71. The summed E-state index contributed by atoms with van der Waals surface area (Å²) in [5.41, 5.74) is 4.91. The van der Waals surface area contributed by atoms with Crippen molar-refractivity contribution in [1.82, 2.24) is 5.32 Å². The van der Waals surface area contributed by atoms with E-state index in [9.17, 15) is 9.18 Å². The van der Waals surface area contributed by atoms with E-state index in [0.29, 0.717) is 18.0 Å². The predicted octanol–water partition coefficient (Wildman–Crippen LogP) is 2.34. The van der Waals surface area contributed by atoms with Crippen molar-refractivity contribution in [1.29, 1.82) is 0 Å². The molecule has 0 spiro atoms. The summed E-state index contributed by atoms with van der Waals surface area (Å²) in [4.78, 5) is 11.9. The maximum absolute atomic E-state index is 13.4. The Morgan fingerprint density at radius 3 is 2.76 bits per heavy atom. The summed E-state index contributed by atoms with van der Waals surface area (Å²) in [5.74, 6) is -1.07. The van der Waals surface area contributed by atoms with Crippen molar-refractivity contribution in [2.75, 3.05) is 6.54 Å². The molecule has 1 rings (SSSR count). The number of carbonyl (C=O) groups excluding carboxylic acids is 1. The second-order valence-electron chi connectivity index (χ2n) is 4.50. The van der Waals surface area contributed by atoms with Gasteiger partial charge in [0.25, 0.3) is 5.91 Å². The van der Waals surface area contributed by atoms with Gasteiger partial charge in [-0.05, 0) is 45.0 Å². The minimum atomic E-state index is -0.588. The highest BCUT2D eigenvalue weighted by Crippen LogP contribution is 2.16. The molecule has 0 saturated carbocycles. The molecule has 5 heteroatoms. The van der Waals surface area contributed by atoms with E-state index >= 15 is 0 Å². The van der Waals surface area contributed by atoms with Gasteiger partial charge in [0.1, 0.15) is 5.82 Å². The first-order valence-electron chi connectivity index (χ1n) is 5.33. The van der Waals surface area contributed by atoms with Crippen LogP contribution in [0.3, 0.4) is 0 Å². The van der Waals surface area contributed by atoms with Crippen LogP contribution in [-0.4, -0.2) is 18.0 Å². The molecule has 0 unspecified atom stereocenters. The van der Waals surface area contributed by atoms with Crippen molar-refractivity contribution in [2.45, 2.75) is 25.8 Å². The third kappa shape index (κ3) is 3.98. The molecule has 0 atom stereocenters. The van der Waals surface area contributed by atoms with Crippen molar-refractivity contribution in [2.24, 2.45) is 5.73 Å². The molecule has 0 heterocycles. The summed E-state index contributed by atoms with van der Waals surface area (Å²) in [7, 11) is 0. The Bertz CT molecular complexity index is 421. The fourth-order valence-corrected chi connectivity index (χ4v) is 1.64. The molecule has 17 heavy (non-hydrogen) atoms. The minimum Gasteiger partial charge on any atom is -0.347 e. The second kappa shape index (κ2) is 5.47. The molecule has 1 aromatic rings. The van der Waals surface area contributed by atoms with Gasteiger partial charge >= 0.3 is 0 Å². The standard InChI is InChI=1S/C12H16ClFN2O/c1-12(2,5-6-15)16-11(17)9-7-8(13)3-4-10(9)14/h3-4,7H,5-6,15H2,1-2H3,(H,16,17). The fraction of sp³-hybridized carbons (Fsp3) is 0.417. The molecule has 1 aromatic carbocycles. The largest absolute Gasteiger partial charge is 0.347 e. The van der Waals surface area contributed by atoms with Gasteiger partial charge < -0.3 is 11.1 Å². The first kappa shape index (κ1) is 13.9. The molecule has 0 radical (unpaired) electrons. The molecule has 0 fully saturated rings. The van der Waals surface area contributed by atoms with Crippen LogP contribution in [0.25, 0.3) is 0 Å². The van der Waals surface area contributed by atoms with Crippen molar-refractivity contribution in [3.63, 3.8) is 0 Å². The number of carbonyl (C=O) groups is 1. The topological polar surface area (TPSA) is 55.1 Å². The fourth-order valence-electron chi connectivity index (χ4n) is 1.47. The smallest absolute Gasteiger partial charge is 0.254 e. The molecule has 0 aliphatic rings. The van der Waals surface area contributed by atoms with Gasteiger partial charge in [0.05, 0.1) is 5.56 Å². The van der Waals surface area contributed by atoms with E-state index in [-0.39, 0.29) is 5.56 Å². The van der Waals surface area contributed by atoms with E-state index in [2.05, 4.69) is 5.32 Å². The quantitative estimate of drug-likeness (QED) is 0.871. The van der Waals surface area contributed by atoms with Crippen LogP contribution in [0.5, 0.6) is 0 Å². The van der Waals surface area contributed by atoms with Crippen LogP contribution in [-0.2, 0) is 0 Å². The molecule has 94 valence electrons. The molecular weight excluding hydrogens is 243 g/mol. The summed E-state index contributed by atoms with van der Waals surface area (Å²) in [5, 5.41) is 3.05. The summed E-state index contributed by atoms with van der Waals surface area (Å²) in [6.45, 7) is 4.12. The Kier molecular flexibility index (Phi) is 4.48. The summed E-state index contributed by atoms with van der Waals surface area (Å²) in [6, 6.07) is 3.89. The second-order valence-corrected chi connectivity index (χ2v) is 4.94. The maximum atomic E-state index is 13.4. The lowest BCUT2D eigenvalue weighted by atomic mass is 10.00. The zero-order chi connectivity index (χ0) is 13.1. The maximum Gasteiger partial charge on any atom is 0.254 e. The SMILES string of the molecule is CC(C)(CCN)NC(=O)c1cc(Cl)ccc1F. The monoisotopic (exact) mass is 258 g/mol. The highest BCUT2D eigenvalue weighted by atomic mass is 35.5. The molecule has 0 aliphatic heterocycles. The van der Waals surface area contributed by atoms with Gasteiger partial charge in [-0.2, -0.15) is 0 Å². The normalized spacial score (nSPS) is 11.4. The van der Waals surface area contributed by atoms with E-state index < -0.39 is 17.3 Å². The van der Waals surface area contributed by atoms with Crippen LogP contribution < -0.4 is 11.1 Å². The molecule has 0 saturated heterocycles. The Labute approximate surface area is 105 Å². The zero-order valence-corrected chi connectivity index (χ0v) is 10.6. The average molecular weight is 259 g/mol. The van der Waals surface area contributed by atoms with Crippen LogP contribution in [0.2, 0.25) is 5.02 Å².